The molecule has 2 aromatic heterocycles. The zero-order valence-corrected chi connectivity index (χ0v) is 16.6. The molecular weight excluding hydrogens is 398 g/mol. The van der Waals surface area contributed by atoms with Crippen LogP contribution < -0.4 is 5.32 Å². The predicted octanol–water partition coefficient (Wildman–Crippen LogP) is 3.83. The SMILES string of the molecule is O=C(Nc1nc(-c2ccc(S(=O)(=O)N3CCCCC3)cc2)cs1)c1ccco1. The molecule has 1 aromatic carbocycles. The smallest absolute Gasteiger partial charge is 0.293 e. The van der Waals surface area contributed by atoms with E-state index in [4.69, 9.17) is 4.42 Å². The molecule has 0 radical (unpaired) electrons. The zero-order valence-electron chi connectivity index (χ0n) is 15.0. The molecule has 3 heterocycles. The van der Waals surface area contributed by atoms with E-state index in [-0.39, 0.29) is 11.7 Å². The third-order valence-electron chi connectivity index (χ3n) is 4.57. The summed E-state index contributed by atoms with van der Waals surface area (Å²) in [4.78, 5) is 16.7. The molecule has 0 unspecified atom stereocenters. The van der Waals surface area contributed by atoms with Gasteiger partial charge in [0.2, 0.25) is 10.0 Å². The van der Waals surface area contributed by atoms with Gasteiger partial charge in [-0.3, -0.25) is 10.1 Å². The number of carbonyl (C=O) groups is 1. The van der Waals surface area contributed by atoms with Crippen molar-refractivity contribution in [2.75, 3.05) is 18.4 Å². The van der Waals surface area contributed by atoms with Gasteiger partial charge in [-0.2, -0.15) is 4.31 Å². The molecule has 1 aliphatic rings. The Morgan fingerprint density at radius 1 is 1.11 bits per heavy atom. The maximum Gasteiger partial charge on any atom is 0.293 e. The van der Waals surface area contributed by atoms with Crippen molar-refractivity contribution in [1.29, 1.82) is 0 Å². The molecular formula is C19H19N3O4S2. The molecule has 7 nitrogen and oxygen atoms in total. The quantitative estimate of drug-likeness (QED) is 0.681. The Morgan fingerprint density at radius 3 is 2.54 bits per heavy atom. The summed E-state index contributed by atoms with van der Waals surface area (Å²) in [5.74, 6) is -0.155. The van der Waals surface area contributed by atoms with Gasteiger partial charge in [0, 0.05) is 24.0 Å². The lowest BCUT2D eigenvalue weighted by molar-refractivity contribution is 0.0996. The molecule has 9 heteroatoms. The van der Waals surface area contributed by atoms with Crippen molar-refractivity contribution in [2.24, 2.45) is 0 Å². The highest BCUT2D eigenvalue weighted by Crippen LogP contribution is 2.27. The van der Waals surface area contributed by atoms with E-state index in [0.29, 0.717) is 28.8 Å². The number of benzene rings is 1. The number of aromatic nitrogens is 1. The van der Waals surface area contributed by atoms with Crippen molar-refractivity contribution in [3.8, 4) is 11.3 Å². The van der Waals surface area contributed by atoms with E-state index in [2.05, 4.69) is 10.3 Å². The van der Waals surface area contributed by atoms with Crippen LogP contribution in [0, 0.1) is 0 Å². The lowest BCUT2D eigenvalue weighted by Gasteiger charge is -2.25. The Kier molecular flexibility index (Phi) is 5.29. The Morgan fingerprint density at radius 2 is 1.86 bits per heavy atom. The molecule has 0 bridgehead atoms. The molecule has 28 heavy (non-hydrogen) atoms. The molecule has 1 N–H and O–H groups in total. The monoisotopic (exact) mass is 417 g/mol. The minimum atomic E-state index is -3.45. The van der Waals surface area contributed by atoms with Gasteiger partial charge < -0.3 is 4.42 Å². The Bertz CT molecular complexity index is 1050. The highest BCUT2D eigenvalue weighted by molar-refractivity contribution is 7.89. The first-order chi connectivity index (χ1) is 13.5. The van der Waals surface area contributed by atoms with E-state index in [1.165, 1.54) is 17.6 Å². The average molecular weight is 418 g/mol. The van der Waals surface area contributed by atoms with Crippen LogP contribution >= 0.6 is 11.3 Å². The number of nitrogens with one attached hydrogen (secondary N) is 1. The van der Waals surface area contributed by atoms with Crippen LogP contribution in [0.1, 0.15) is 29.8 Å². The first-order valence-electron chi connectivity index (χ1n) is 8.95. The molecule has 146 valence electrons. The summed E-state index contributed by atoms with van der Waals surface area (Å²) in [5.41, 5.74) is 1.45. The van der Waals surface area contributed by atoms with Crippen LogP contribution in [0.15, 0.2) is 57.4 Å². The number of thiazole rings is 1. The summed E-state index contributed by atoms with van der Waals surface area (Å²) < 4.78 is 32.1. The summed E-state index contributed by atoms with van der Waals surface area (Å²) in [5, 5.41) is 4.94. The number of hydrogen-bond donors (Lipinski definition) is 1. The van der Waals surface area contributed by atoms with Crippen molar-refractivity contribution in [1.82, 2.24) is 9.29 Å². The van der Waals surface area contributed by atoms with Gasteiger partial charge in [-0.15, -0.1) is 11.3 Å². The molecule has 1 aliphatic heterocycles. The number of hydrogen-bond acceptors (Lipinski definition) is 6. The van der Waals surface area contributed by atoms with E-state index >= 15 is 0 Å². The van der Waals surface area contributed by atoms with Gasteiger partial charge >= 0.3 is 0 Å². The molecule has 3 aromatic rings. The maximum absolute atomic E-state index is 12.7. The van der Waals surface area contributed by atoms with Gasteiger partial charge in [0.25, 0.3) is 5.91 Å². The van der Waals surface area contributed by atoms with Crippen LogP contribution in [0.3, 0.4) is 0 Å². The molecule has 1 saturated heterocycles. The Hall–Kier alpha value is -2.49. The highest BCUT2D eigenvalue weighted by Gasteiger charge is 2.25. The highest BCUT2D eigenvalue weighted by atomic mass is 32.2. The van der Waals surface area contributed by atoms with E-state index < -0.39 is 10.0 Å². The van der Waals surface area contributed by atoms with E-state index in [9.17, 15) is 13.2 Å². The molecule has 0 saturated carbocycles. The molecule has 0 aliphatic carbocycles. The summed E-state index contributed by atoms with van der Waals surface area (Å²) in [6.07, 6.45) is 4.32. The van der Waals surface area contributed by atoms with Crippen molar-refractivity contribution in [3.63, 3.8) is 0 Å². The van der Waals surface area contributed by atoms with E-state index in [0.717, 1.165) is 24.8 Å². The maximum atomic E-state index is 12.7. The third kappa shape index (κ3) is 3.87. The van der Waals surface area contributed by atoms with Gasteiger partial charge in [-0.1, -0.05) is 18.6 Å². The molecule has 0 atom stereocenters. The van der Waals surface area contributed by atoms with Crippen LogP contribution in [0.25, 0.3) is 11.3 Å². The number of piperidine rings is 1. The van der Waals surface area contributed by atoms with E-state index in [1.807, 2.05) is 5.38 Å². The van der Waals surface area contributed by atoms with Crippen LogP contribution in [0.2, 0.25) is 0 Å². The Labute approximate surface area is 167 Å². The topological polar surface area (TPSA) is 92.5 Å². The fourth-order valence-corrected chi connectivity index (χ4v) is 5.31. The number of carbonyl (C=O) groups excluding carboxylic acids is 1. The van der Waals surface area contributed by atoms with E-state index in [1.54, 1.807) is 40.7 Å². The van der Waals surface area contributed by atoms with Crippen LogP contribution in [-0.2, 0) is 10.0 Å². The number of anilines is 1. The zero-order chi connectivity index (χ0) is 19.6. The summed E-state index contributed by atoms with van der Waals surface area (Å²) in [6, 6.07) is 9.92. The number of furan rings is 1. The second-order valence-electron chi connectivity index (χ2n) is 6.46. The standard InChI is InChI=1S/C19H19N3O4S2/c23-18(17-5-4-12-26-17)21-19-20-16(13-27-19)14-6-8-15(9-7-14)28(24,25)22-10-2-1-3-11-22/h4-9,12-13H,1-3,10-11H2,(H,20,21,23). The average Bonchev–Trinajstić information content (AvgIpc) is 3.41. The van der Waals surface area contributed by atoms with Gasteiger partial charge in [-0.05, 0) is 37.1 Å². The summed E-state index contributed by atoms with van der Waals surface area (Å²) >= 11 is 1.29. The number of nitrogens with zero attached hydrogens (tertiary/aromatic N) is 2. The second-order valence-corrected chi connectivity index (χ2v) is 9.25. The normalized spacial score (nSPS) is 15.4. The lowest BCUT2D eigenvalue weighted by Crippen LogP contribution is -2.35. The summed E-state index contributed by atoms with van der Waals surface area (Å²) in [6.45, 7) is 1.16. The van der Waals surface area contributed by atoms with Gasteiger partial charge in [0.05, 0.1) is 16.9 Å². The van der Waals surface area contributed by atoms with Crippen LogP contribution in [0.4, 0.5) is 5.13 Å². The second kappa shape index (κ2) is 7.86. The predicted molar refractivity (Wildman–Crippen MR) is 107 cm³/mol. The molecule has 0 spiro atoms. The number of amides is 1. The van der Waals surface area contributed by atoms with Gasteiger partial charge in [0.15, 0.2) is 10.9 Å². The third-order valence-corrected chi connectivity index (χ3v) is 7.24. The molecule has 4 rings (SSSR count). The Balaban J connectivity index is 1.48. The fourth-order valence-electron chi connectivity index (χ4n) is 3.08. The minimum Gasteiger partial charge on any atom is -0.459 e. The number of rotatable bonds is 5. The molecule has 1 fully saturated rings. The van der Waals surface area contributed by atoms with Crippen molar-refractivity contribution >= 4 is 32.4 Å². The van der Waals surface area contributed by atoms with Gasteiger partial charge in [0.1, 0.15) is 0 Å². The largest absolute Gasteiger partial charge is 0.459 e. The minimum absolute atomic E-state index is 0.212. The van der Waals surface area contributed by atoms with Crippen LogP contribution in [0.5, 0.6) is 0 Å². The first-order valence-corrected chi connectivity index (χ1v) is 11.3. The summed E-state index contributed by atoms with van der Waals surface area (Å²) in [7, 11) is -3.45. The van der Waals surface area contributed by atoms with Crippen molar-refractivity contribution in [3.05, 3.63) is 53.8 Å². The first kappa shape index (κ1) is 18.9. The van der Waals surface area contributed by atoms with Crippen LogP contribution in [-0.4, -0.2) is 36.7 Å². The van der Waals surface area contributed by atoms with Gasteiger partial charge in [-0.25, -0.2) is 13.4 Å². The van der Waals surface area contributed by atoms with Crippen molar-refractivity contribution in [2.45, 2.75) is 24.2 Å². The lowest BCUT2D eigenvalue weighted by atomic mass is 10.2. The molecule has 1 amide bonds. The van der Waals surface area contributed by atoms with Crippen molar-refractivity contribution < 1.29 is 17.6 Å². The fraction of sp³-hybridized carbons (Fsp3) is 0.263. The number of sulfonamides is 1.